The van der Waals surface area contributed by atoms with E-state index >= 15 is 0 Å². The van der Waals surface area contributed by atoms with Crippen LogP contribution in [0.2, 0.25) is 0 Å². The van der Waals surface area contributed by atoms with Crippen molar-refractivity contribution in [3.63, 3.8) is 0 Å². The molecule has 0 heterocycles. The molecule has 0 aliphatic heterocycles. The predicted molar refractivity (Wildman–Crippen MR) is 42.1 cm³/mol. The maximum absolute atomic E-state index is 5.43. The Hall–Kier alpha value is -0.690. The number of halogens is 1. The molecule has 50 valence electrons. The van der Waals surface area contributed by atoms with E-state index in [0.717, 1.165) is 0 Å². The van der Waals surface area contributed by atoms with E-state index in [0.29, 0.717) is 5.70 Å². The molecule has 0 amide bonds. The van der Waals surface area contributed by atoms with Crippen molar-refractivity contribution in [2.75, 3.05) is 0 Å². The van der Waals surface area contributed by atoms with E-state index in [1.54, 1.807) is 18.2 Å². The van der Waals surface area contributed by atoms with Crippen LogP contribution in [-0.2, 0) is 0 Å². The van der Waals surface area contributed by atoms with Gasteiger partial charge in [0.05, 0.1) is 0 Å². The van der Waals surface area contributed by atoms with Crippen LogP contribution in [0.3, 0.4) is 0 Å². The number of hydrogen-bond acceptors (Lipinski definition) is 1. The highest BCUT2D eigenvalue weighted by molar-refractivity contribution is 6.25. The Morgan fingerprint density at radius 3 is 2.67 bits per heavy atom. The van der Waals surface area contributed by atoms with Gasteiger partial charge in [0.2, 0.25) is 0 Å². The van der Waals surface area contributed by atoms with Crippen molar-refractivity contribution in [1.29, 1.82) is 0 Å². The van der Waals surface area contributed by atoms with Crippen molar-refractivity contribution in [3.8, 4) is 0 Å². The third-order valence-electron chi connectivity index (χ3n) is 0.721. The van der Waals surface area contributed by atoms with Crippen LogP contribution in [-0.4, -0.2) is 0 Å². The Bertz CT molecular complexity index is 145. The second kappa shape index (κ2) is 5.45. The summed E-state index contributed by atoms with van der Waals surface area (Å²) in [5.41, 5.74) is 7.55. The quantitative estimate of drug-likeness (QED) is 0.589. The first-order chi connectivity index (χ1) is 4.31. The molecule has 0 aliphatic rings. The Balaban J connectivity index is 3.84. The molecule has 0 unspecified atom stereocenters. The van der Waals surface area contributed by atoms with Gasteiger partial charge in [-0.05, 0) is 25.2 Å². The highest BCUT2D eigenvalue weighted by Gasteiger charge is 1.73. The summed E-state index contributed by atoms with van der Waals surface area (Å²) >= 11 is 5.24. The largest absolute Gasteiger partial charge is 0.399 e. The topological polar surface area (TPSA) is 26.0 Å². The van der Waals surface area contributed by atoms with Gasteiger partial charge in [0, 0.05) is 11.2 Å². The molecule has 0 aromatic carbocycles. The molecular formula is C7H10ClN. The van der Waals surface area contributed by atoms with Gasteiger partial charge in [-0.3, -0.25) is 0 Å². The molecule has 0 fully saturated rings. The number of hydrogen-bond donors (Lipinski definition) is 1. The lowest BCUT2D eigenvalue weighted by molar-refractivity contribution is 1.42. The molecule has 0 aromatic rings. The lowest BCUT2D eigenvalue weighted by atomic mass is 10.4. The van der Waals surface area contributed by atoms with E-state index in [2.05, 4.69) is 0 Å². The Kier molecular flexibility index (Phi) is 5.03. The van der Waals surface area contributed by atoms with Gasteiger partial charge in [-0.2, -0.15) is 0 Å². The molecule has 9 heavy (non-hydrogen) atoms. The van der Waals surface area contributed by atoms with Crippen LogP contribution < -0.4 is 5.73 Å². The first-order valence-corrected chi connectivity index (χ1v) is 3.10. The second-order valence-electron chi connectivity index (χ2n) is 1.49. The molecule has 0 saturated heterocycles. The van der Waals surface area contributed by atoms with E-state index in [1.807, 2.05) is 13.0 Å². The van der Waals surface area contributed by atoms with Gasteiger partial charge in [0.1, 0.15) is 0 Å². The minimum absolute atomic E-state index is 0.703. The van der Waals surface area contributed by atoms with Gasteiger partial charge in [-0.25, -0.2) is 0 Å². The maximum atomic E-state index is 5.43. The molecular weight excluding hydrogens is 134 g/mol. The fourth-order valence-electron chi connectivity index (χ4n) is 0.395. The average molecular weight is 144 g/mol. The van der Waals surface area contributed by atoms with Crippen LogP contribution >= 0.6 is 11.6 Å². The summed E-state index contributed by atoms with van der Waals surface area (Å²) in [5, 5.41) is 0. The van der Waals surface area contributed by atoms with E-state index in [4.69, 9.17) is 17.3 Å². The maximum Gasteiger partial charge on any atom is 0.0310 e. The third-order valence-corrected chi connectivity index (χ3v) is 0.866. The molecule has 0 radical (unpaired) electrons. The van der Waals surface area contributed by atoms with E-state index < -0.39 is 0 Å². The zero-order chi connectivity index (χ0) is 7.11. The summed E-state index contributed by atoms with van der Waals surface area (Å²) in [6.07, 6.45) is 7.08. The predicted octanol–water partition coefficient (Wildman–Crippen LogP) is 2.16. The first-order valence-electron chi connectivity index (χ1n) is 2.66. The van der Waals surface area contributed by atoms with Crippen molar-refractivity contribution in [3.05, 3.63) is 35.5 Å². The molecule has 1 nitrogen and oxygen atoms in total. The molecule has 0 aliphatic carbocycles. The van der Waals surface area contributed by atoms with Crippen molar-refractivity contribution in [1.82, 2.24) is 0 Å². The van der Waals surface area contributed by atoms with Crippen LogP contribution in [0, 0.1) is 0 Å². The monoisotopic (exact) mass is 143 g/mol. The summed E-state index contributed by atoms with van der Waals surface area (Å²) < 4.78 is 0. The fourth-order valence-corrected chi connectivity index (χ4v) is 0.468. The molecule has 0 atom stereocenters. The zero-order valence-electron chi connectivity index (χ0n) is 5.34. The summed E-state index contributed by atoms with van der Waals surface area (Å²) in [6.45, 7) is 1.91. The number of rotatable bonds is 2. The molecule has 0 spiro atoms. The SMILES string of the molecule is C\C=C/C(N)=C\C=C\Cl. The summed E-state index contributed by atoms with van der Waals surface area (Å²) in [5.74, 6) is 0. The lowest BCUT2D eigenvalue weighted by Gasteiger charge is -1.84. The highest BCUT2D eigenvalue weighted by Crippen LogP contribution is 1.88. The van der Waals surface area contributed by atoms with Crippen molar-refractivity contribution < 1.29 is 0 Å². The van der Waals surface area contributed by atoms with Gasteiger partial charge in [0.15, 0.2) is 0 Å². The fraction of sp³-hybridized carbons (Fsp3) is 0.143. The van der Waals surface area contributed by atoms with E-state index in [1.165, 1.54) is 5.54 Å². The summed E-state index contributed by atoms with van der Waals surface area (Å²) in [7, 11) is 0. The van der Waals surface area contributed by atoms with Crippen LogP contribution in [0.25, 0.3) is 0 Å². The van der Waals surface area contributed by atoms with Gasteiger partial charge in [0.25, 0.3) is 0 Å². The zero-order valence-corrected chi connectivity index (χ0v) is 6.10. The van der Waals surface area contributed by atoms with Gasteiger partial charge >= 0.3 is 0 Å². The normalized spacial score (nSPS) is 13.8. The standard InChI is InChI=1S/C7H10ClN/c1-2-4-7(9)5-3-6-8/h2-6H,9H2,1H3/b4-2-,6-3+,7-5+. The highest BCUT2D eigenvalue weighted by atomic mass is 35.5. The smallest absolute Gasteiger partial charge is 0.0310 e. The third kappa shape index (κ3) is 5.18. The number of nitrogens with two attached hydrogens (primary N) is 1. The molecule has 2 N–H and O–H groups in total. The van der Waals surface area contributed by atoms with Crippen molar-refractivity contribution in [2.24, 2.45) is 5.73 Å². The Morgan fingerprint density at radius 2 is 2.22 bits per heavy atom. The number of allylic oxidation sites excluding steroid dienone is 4. The molecule has 0 saturated carbocycles. The van der Waals surface area contributed by atoms with Crippen LogP contribution in [0.15, 0.2) is 35.5 Å². The summed E-state index contributed by atoms with van der Waals surface area (Å²) in [6, 6.07) is 0. The minimum atomic E-state index is 0.703. The molecule has 2 heteroatoms. The van der Waals surface area contributed by atoms with Gasteiger partial charge < -0.3 is 5.73 Å². The Labute approximate surface area is 60.5 Å². The summed E-state index contributed by atoms with van der Waals surface area (Å²) in [4.78, 5) is 0. The average Bonchev–Trinajstić information content (AvgIpc) is 1.85. The van der Waals surface area contributed by atoms with Crippen LogP contribution in [0.5, 0.6) is 0 Å². The van der Waals surface area contributed by atoms with Gasteiger partial charge in [-0.15, -0.1) is 0 Å². The Morgan fingerprint density at radius 1 is 1.56 bits per heavy atom. The van der Waals surface area contributed by atoms with Gasteiger partial charge in [-0.1, -0.05) is 17.7 Å². The van der Waals surface area contributed by atoms with Crippen molar-refractivity contribution >= 4 is 11.6 Å². The van der Waals surface area contributed by atoms with Crippen molar-refractivity contribution in [2.45, 2.75) is 6.92 Å². The first kappa shape index (κ1) is 8.31. The molecule has 0 bridgehead atoms. The van der Waals surface area contributed by atoms with E-state index in [-0.39, 0.29) is 0 Å². The minimum Gasteiger partial charge on any atom is -0.399 e. The second-order valence-corrected chi connectivity index (χ2v) is 1.74. The lowest BCUT2D eigenvalue weighted by Crippen LogP contribution is -1.90. The molecule has 0 rings (SSSR count). The van der Waals surface area contributed by atoms with Crippen LogP contribution in [0.4, 0.5) is 0 Å². The molecule has 0 aromatic heterocycles. The van der Waals surface area contributed by atoms with Crippen LogP contribution in [0.1, 0.15) is 6.92 Å². The van der Waals surface area contributed by atoms with E-state index in [9.17, 15) is 0 Å².